The fourth-order valence-corrected chi connectivity index (χ4v) is 1.15. The van der Waals surface area contributed by atoms with Crippen molar-refractivity contribution < 1.29 is 29.0 Å². The number of ether oxygens (including phenoxy) is 2. The Balaban J connectivity index is 2.70. The van der Waals surface area contributed by atoms with E-state index in [9.17, 15) is 14.4 Å². The van der Waals surface area contributed by atoms with Crippen molar-refractivity contribution in [2.45, 2.75) is 0 Å². The molecule has 0 saturated carbocycles. The third kappa shape index (κ3) is 4.58. The molecule has 0 aliphatic heterocycles. The molecule has 0 bridgehead atoms. The third-order valence-electron chi connectivity index (χ3n) is 2.00. The Morgan fingerprint density at radius 2 is 2.16 bits per heavy atom. The van der Waals surface area contributed by atoms with Gasteiger partial charge in [0.05, 0.1) is 18.2 Å². The number of nitrogens with zero attached hydrogens (tertiary/aromatic N) is 1. The first-order valence-corrected chi connectivity index (χ1v) is 5.13. The summed E-state index contributed by atoms with van der Waals surface area (Å²) in [6, 6.07) is 3.03. The van der Waals surface area contributed by atoms with E-state index in [1.165, 1.54) is 18.5 Å². The van der Waals surface area contributed by atoms with Crippen LogP contribution in [0.4, 0.5) is 0 Å². The van der Waals surface area contributed by atoms with Crippen LogP contribution in [0.3, 0.4) is 0 Å². The molecular formula is C12H11NO6. The predicted molar refractivity (Wildman–Crippen MR) is 62.3 cm³/mol. The molecule has 0 radical (unpaired) electrons. The van der Waals surface area contributed by atoms with Gasteiger partial charge in [-0.1, -0.05) is 0 Å². The van der Waals surface area contributed by atoms with E-state index in [4.69, 9.17) is 9.84 Å². The summed E-state index contributed by atoms with van der Waals surface area (Å²) in [5.41, 5.74) is -0.0747. The normalized spacial score (nSPS) is 10.7. The highest BCUT2D eigenvalue weighted by atomic mass is 16.5. The molecule has 100 valence electrons. The van der Waals surface area contributed by atoms with Gasteiger partial charge in [-0.3, -0.25) is 4.98 Å². The molecule has 0 fully saturated rings. The lowest BCUT2D eigenvalue weighted by molar-refractivity contribution is -0.138. The summed E-state index contributed by atoms with van der Waals surface area (Å²) in [6.45, 7) is -0.493. The minimum atomic E-state index is -1.34. The van der Waals surface area contributed by atoms with Gasteiger partial charge in [0.25, 0.3) is 0 Å². The van der Waals surface area contributed by atoms with Crippen LogP contribution in [0.25, 0.3) is 0 Å². The largest absolute Gasteiger partial charge is 0.478 e. The van der Waals surface area contributed by atoms with Gasteiger partial charge in [-0.05, 0) is 12.1 Å². The second-order valence-electron chi connectivity index (χ2n) is 3.32. The van der Waals surface area contributed by atoms with E-state index in [-0.39, 0.29) is 11.1 Å². The third-order valence-corrected chi connectivity index (χ3v) is 2.00. The Morgan fingerprint density at radius 1 is 1.42 bits per heavy atom. The van der Waals surface area contributed by atoms with Crippen LogP contribution in [0, 0.1) is 0 Å². The second-order valence-corrected chi connectivity index (χ2v) is 3.32. The zero-order chi connectivity index (χ0) is 14.3. The van der Waals surface area contributed by atoms with Gasteiger partial charge >= 0.3 is 17.9 Å². The van der Waals surface area contributed by atoms with Crippen LogP contribution < -0.4 is 0 Å². The van der Waals surface area contributed by atoms with Gasteiger partial charge in [0.2, 0.25) is 0 Å². The maximum Gasteiger partial charge on any atom is 0.340 e. The predicted octanol–water partition coefficient (Wildman–Crippen LogP) is 0.422. The second kappa shape index (κ2) is 6.90. The van der Waals surface area contributed by atoms with E-state index in [0.29, 0.717) is 6.08 Å². The Bertz CT molecular complexity index is 508. The zero-order valence-electron chi connectivity index (χ0n) is 10.0. The monoisotopic (exact) mass is 265 g/mol. The van der Waals surface area contributed by atoms with Gasteiger partial charge in [0.1, 0.15) is 6.61 Å². The minimum absolute atomic E-state index is 0.196. The van der Waals surface area contributed by atoms with Crippen LogP contribution in [-0.2, 0) is 19.1 Å². The van der Waals surface area contributed by atoms with E-state index < -0.39 is 24.5 Å². The molecule has 1 aromatic rings. The average molecular weight is 265 g/mol. The molecule has 1 aromatic heterocycles. The average Bonchev–Trinajstić information content (AvgIpc) is 2.42. The van der Waals surface area contributed by atoms with Gasteiger partial charge in [-0.2, -0.15) is 0 Å². The standard InChI is InChI=1S/C12H11NO6/c1-18-11(16)9(5-10(14)15)7-19-12(17)8-3-2-4-13-6-8/h2-6H,7H2,1H3,(H,14,15)/b9-5+. The lowest BCUT2D eigenvalue weighted by Crippen LogP contribution is -2.16. The number of aromatic nitrogens is 1. The van der Waals surface area contributed by atoms with Crippen molar-refractivity contribution in [2.24, 2.45) is 0 Å². The lowest BCUT2D eigenvalue weighted by Gasteiger charge is -2.06. The maximum atomic E-state index is 11.6. The van der Waals surface area contributed by atoms with Gasteiger partial charge in [0.15, 0.2) is 0 Å². The summed E-state index contributed by atoms with van der Waals surface area (Å²) in [7, 11) is 1.10. The highest BCUT2D eigenvalue weighted by Gasteiger charge is 2.15. The number of hydrogen-bond donors (Lipinski definition) is 1. The molecule has 1 heterocycles. The number of carboxylic acids is 1. The molecule has 0 aliphatic rings. The van der Waals surface area contributed by atoms with Crippen LogP contribution in [0.5, 0.6) is 0 Å². The van der Waals surface area contributed by atoms with Gasteiger partial charge in [0, 0.05) is 18.5 Å². The number of rotatable bonds is 5. The topological polar surface area (TPSA) is 103 Å². The highest BCUT2D eigenvalue weighted by molar-refractivity contribution is 5.96. The number of pyridine rings is 1. The summed E-state index contributed by atoms with van der Waals surface area (Å²) in [5, 5.41) is 8.58. The first-order valence-electron chi connectivity index (χ1n) is 5.13. The highest BCUT2D eigenvalue weighted by Crippen LogP contribution is 2.04. The molecule has 1 rings (SSSR count). The molecule has 0 aliphatic carbocycles. The smallest absolute Gasteiger partial charge is 0.340 e. The van der Waals surface area contributed by atoms with Crippen molar-refractivity contribution in [3.8, 4) is 0 Å². The summed E-state index contributed by atoms with van der Waals surface area (Å²) >= 11 is 0. The molecule has 0 saturated heterocycles. The summed E-state index contributed by atoms with van der Waals surface area (Å²) in [4.78, 5) is 37.0. The molecule has 0 atom stereocenters. The number of carboxylic acid groups (broad SMARTS) is 1. The molecular weight excluding hydrogens is 254 g/mol. The number of esters is 2. The summed E-state index contributed by atoms with van der Waals surface area (Å²) < 4.78 is 9.18. The van der Waals surface area contributed by atoms with E-state index in [0.717, 1.165) is 7.11 Å². The first kappa shape index (κ1) is 14.4. The Morgan fingerprint density at radius 3 is 2.68 bits per heavy atom. The van der Waals surface area contributed by atoms with Crippen LogP contribution in [0.2, 0.25) is 0 Å². The number of carbonyl (C=O) groups excluding carboxylic acids is 2. The fraction of sp³-hybridized carbons (Fsp3) is 0.167. The number of methoxy groups -OCH3 is 1. The Kier molecular flexibility index (Phi) is 5.21. The van der Waals surface area contributed by atoms with Gasteiger partial charge in [-0.15, -0.1) is 0 Å². The van der Waals surface area contributed by atoms with Gasteiger partial charge in [-0.25, -0.2) is 14.4 Å². The summed E-state index contributed by atoms with van der Waals surface area (Å²) in [5.74, 6) is -2.92. The maximum absolute atomic E-state index is 11.6. The molecule has 0 amide bonds. The number of carbonyl (C=O) groups is 3. The molecule has 7 nitrogen and oxygen atoms in total. The van der Waals surface area contributed by atoms with Gasteiger partial charge < -0.3 is 14.6 Å². The van der Waals surface area contributed by atoms with Crippen molar-refractivity contribution >= 4 is 17.9 Å². The van der Waals surface area contributed by atoms with Crippen molar-refractivity contribution in [3.63, 3.8) is 0 Å². The molecule has 1 N–H and O–H groups in total. The molecule has 19 heavy (non-hydrogen) atoms. The van der Waals surface area contributed by atoms with Crippen LogP contribution in [-0.4, -0.2) is 41.7 Å². The number of aliphatic carboxylic acids is 1. The first-order chi connectivity index (χ1) is 9.04. The van der Waals surface area contributed by atoms with E-state index >= 15 is 0 Å². The van der Waals surface area contributed by atoms with E-state index in [1.54, 1.807) is 6.07 Å². The molecule has 7 heteroatoms. The van der Waals surface area contributed by atoms with Crippen molar-refractivity contribution in [1.82, 2.24) is 4.98 Å². The van der Waals surface area contributed by atoms with E-state index in [2.05, 4.69) is 9.72 Å². The molecule has 0 spiro atoms. The molecule has 0 aromatic carbocycles. The SMILES string of the molecule is COC(=O)/C(=C/C(=O)O)COC(=O)c1cccnc1. The minimum Gasteiger partial charge on any atom is -0.478 e. The van der Waals surface area contributed by atoms with Crippen LogP contribution in [0.15, 0.2) is 36.2 Å². The van der Waals surface area contributed by atoms with Crippen LogP contribution in [0.1, 0.15) is 10.4 Å². The van der Waals surface area contributed by atoms with Crippen LogP contribution >= 0.6 is 0 Å². The van der Waals surface area contributed by atoms with Crippen molar-refractivity contribution in [1.29, 1.82) is 0 Å². The lowest BCUT2D eigenvalue weighted by atomic mass is 10.2. The zero-order valence-corrected chi connectivity index (χ0v) is 10.0. The van der Waals surface area contributed by atoms with Crippen molar-refractivity contribution in [3.05, 3.63) is 41.7 Å². The Labute approximate surface area is 108 Å². The van der Waals surface area contributed by atoms with E-state index in [1.807, 2.05) is 0 Å². The quantitative estimate of drug-likeness (QED) is 0.608. The fourth-order valence-electron chi connectivity index (χ4n) is 1.15. The Hall–Kier alpha value is -2.70. The van der Waals surface area contributed by atoms with Crippen molar-refractivity contribution in [2.75, 3.05) is 13.7 Å². The molecule has 0 unspecified atom stereocenters. The summed E-state index contributed by atoms with van der Waals surface area (Å²) in [6.07, 6.45) is 3.41. The number of hydrogen-bond acceptors (Lipinski definition) is 6.